The predicted octanol–water partition coefficient (Wildman–Crippen LogP) is 1.31. The standard InChI is InChI=1S/C8H15NO/c1-2-3-7-4-5-9-8(10)6-7/h7H,2-6H2,1H3,(H,9,10)/t7-/m0/s1. The van der Waals surface area contributed by atoms with Crippen LogP contribution >= 0.6 is 0 Å². The largest absolute Gasteiger partial charge is 0.356 e. The number of hydrogen-bond acceptors (Lipinski definition) is 1. The van der Waals surface area contributed by atoms with Gasteiger partial charge in [-0.3, -0.25) is 4.79 Å². The quantitative estimate of drug-likeness (QED) is 0.617. The first-order chi connectivity index (χ1) is 4.83. The van der Waals surface area contributed by atoms with Gasteiger partial charge in [0.2, 0.25) is 5.91 Å². The molecule has 0 aromatic heterocycles. The summed E-state index contributed by atoms with van der Waals surface area (Å²) in [6, 6.07) is 0. The Kier molecular flexibility index (Phi) is 2.72. The number of rotatable bonds is 2. The van der Waals surface area contributed by atoms with Crippen molar-refractivity contribution in [1.29, 1.82) is 0 Å². The molecular formula is C8H15NO. The predicted molar refractivity (Wildman–Crippen MR) is 40.6 cm³/mol. The molecule has 0 bridgehead atoms. The van der Waals surface area contributed by atoms with Gasteiger partial charge in [-0.1, -0.05) is 19.8 Å². The first-order valence-electron chi connectivity index (χ1n) is 4.09. The van der Waals surface area contributed by atoms with E-state index in [9.17, 15) is 4.79 Å². The molecule has 0 aromatic rings. The highest BCUT2D eigenvalue weighted by molar-refractivity contribution is 5.76. The smallest absolute Gasteiger partial charge is 0.220 e. The molecule has 1 aliphatic rings. The molecule has 0 spiro atoms. The Morgan fingerprint density at radius 3 is 3.10 bits per heavy atom. The number of carbonyl (C=O) groups excluding carboxylic acids is 1. The summed E-state index contributed by atoms with van der Waals surface area (Å²) in [5.74, 6) is 0.906. The van der Waals surface area contributed by atoms with Crippen LogP contribution in [0.4, 0.5) is 0 Å². The van der Waals surface area contributed by atoms with Crippen molar-refractivity contribution in [2.24, 2.45) is 5.92 Å². The summed E-state index contributed by atoms with van der Waals surface area (Å²) < 4.78 is 0. The highest BCUT2D eigenvalue weighted by Crippen LogP contribution is 2.17. The molecule has 1 N–H and O–H groups in total. The van der Waals surface area contributed by atoms with E-state index in [0.29, 0.717) is 5.92 Å². The lowest BCUT2D eigenvalue weighted by atomic mass is 9.93. The van der Waals surface area contributed by atoms with Crippen LogP contribution in [0.25, 0.3) is 0 Å². The third-order valence-electron chi connectivity index (χ3n) is 2.05. The lowest BCUT2D eigenvalue weighted by Crippen LogP contribution is -2.33. The number of piperidine rings is 1. The van der Waals surface area contributed by atoms with Gasteiger partial charge in [0.05, 0.1) is 0 Å². The van der Waals surface area contributed by atoms with Gasteiger partial charge < -0.3 is 5.32 Å². The zero-order valence-corrected chi connectivity index (χ0v) is 6.52. The van der Waals surface area contributed by atoms with Crippen molar-refractivity contribution >= 4 is 5.91 Å². The van der Waals surface area contributed by atoms with Crippen molar-refractivity contribution in [3.8, 4) is 0 Å². The van der Waals surface area contributed by atoms with E-state index in [-0.39, 0.29) is 5.91 Å². The molecular weight excluding hydrogens is 126 g/mol. The maximum atomic E-state index is 10.8. The Morgan fingerprint density at radius 1 is 1.70 bits per heavy atom. The van der Waals surface area contributed by atoms with Crippen molar-refractivity contribution in [3.63, 3.8) is 0 Å². The second-order valence-corrected chi connectivity index (χ2v) is 3.00. The Hall–Kier alpha value is -0.530. The fourth-order valence-electron chi connectivity index (χ4n) is 1.51. The summed E-state index contributed by atoms with van der Waals surface area (Å²) in [6.45, 7) is 3.07. The molecule has 1 fully saturated rings. The van der Waals surface area contributed by atoms with E-state index in [1.165, 1.54) is 19.3 Å². The van der Waals surface area contributed by atoms with E-state index >= 15 is 0 Å². The molecule has 10 heavy (non-hydrogen) atoms. The minimum atomic E-state index is 0.240. The molecule has 1 rings (SSSR count). The third kappa shape index (κ3) is 2.01. The van der Waals surface area contributed by atoms with Crippen LogP contribution < -0.4 is 5.32 Å². The molecule has 0 aliphatic carbocycles. The van der Waals surface area contributed by atoms with Crippen molar-refractivity contribution < 1.29 is 4.79 Å². The minimum Gasteiger partial charge on any atom is -0.356 e. The van der Waals surface area contributed by atoms with Crippen LogP contribution in [-0.4, -0.2) is 12.5 Å². The summed E-state index contributed by atoms with van der Waals surface area (Å²) in [5.41, 5.74) is 0. The monoisotopic (exact) mass is 141 g/mol. The minimum absolute atomic E-state index is 0.240. The molecule has 1 atom stereocenters. The van der Waals surface area contributed by atoms with Crippen LogP contribution in [0.2, 0.25) is 0 Å². The SMILES string of the molecule is CCC[C@H]1CCNC(=O)C1. The second-order valence-electron chi connectivity index (χ2n) is 3.00. The fraction of sp³-hybridized carbons (Fsp3) is 0.875. The van der Waals surface area contributed by atoms with Crippen molar-refractivity contribution in [3.05, 3.63) is 0 Å². The van der Waals surface area contributed by atoms with Gasteiger partial charge in [0, 0.05) is 13.0 Å². The molecule has 58 valence electrons. The molecule has 0 saturated carbocycles. The highest BCUT2D eigenvalue weighted by atomic mass is 16.1. The Morgan fingerprint density at radius 2 is 2.50 bits per heavy atom. The fourth-order valence-corrected chi connectivity index (χ4v) is 1.51. The van der Waals surface area contributed by atoms with Crippen LogP contribution in [0.3, 0.4) is 0 Å². The lowest BCUT2D eigenvalue weighted by molar-refractivity contribution is -0.123. The first-order valence-corrected chi connectivity index (χ1v) is 4.09. The second kappa shape index (κ2) is 3.59. The van der Waals surface area contributed by atoms with Gasteiger partial charge in [0.25, 0.3) is 0 Å². The number of hydrogen-bond donors (Lipinski definition) is 1. The van der Waals surface area contributed by atoms with E-state index in [0.717, 1.165) is 13.0 Å². The van der Waals surface area contributed by atoms with Gasteiger partial charge >= 0.3 is 0 Å². The van der Waals surface area contributed by atoms with E-state index in [2.05, 4.69) is 12.2 Å². The van der Waals surface area contributed by atoms with Crippen molar-refractivity contribution in [1.82, 2.24) is 5.32 Å². The zero-order chi connectivity index (χ0) is 7.40. The molecule has 0 unspecified atom stereocenters. The lowest BCUT2D eigenvalue weighted by Gasteiger charge is -2.20. The maximum absolute atomic E-state index is 10.8. The van der Waals surface area contributed by atoms with Crippen LogP contribution in [-0.2, 0) is 4.79 Å². The van der Waals surface area contributed by atoms with Crippen LogP contribution in [0.5, 0.6) is 0 Å². The van der Waals surface area contributed by atoms with E-state index < -0.39 is 0 Å². The van der Waals surface area contributed by atoms with E-state index in [4.69, 9.17) is 0 Å². The summed E-state index contributed by atoms with van der Waals surface area (Å²) in [4.78, 5) is 10.8. The number of nitrogens with one attached hydrogen (secondary N) is 1. The van der Waals surface area contributed by atoms with Crippen molar-refractivity contribution in [2.45, 2.75) is 32.6 Å². The van der Waals surface area contributed by atoms with Gasteiger partial charge in [-0.2, -0.15) is 0 Å². The molecule has 1 heterocycles. The van der Waals surface area contributed by atoms with Crippen LogP contribution in [0, 0.1) is 5.92 Å². The van der Waals surface area contributed by atoms with Crippen LogP contribution in [0.1, 0.15) is 32.6 Å². The van der Waals surface area contributed by atoms with Gasteiger partial charge in [-0.15, -0.1) is 0 Å². The average molecular weight is 141 g/mol. The average Bonchev–Trinajstić information content (AvgIpc) is 1.88. The van der Waals surface area contributed by atoms with Crippen LogP contribution in [0.15, 0.2) is 0 Å². The summed E-state index contributed by atoms with van der Waals surface area (Å²) >= 11 is 0. The normalized spacial score (nSPS) is 26.1. The Labute approximate surface area is 62.0 Å². The molecule has 2 heteroatoms. The van der Waals surface area contributed by atoms with Gasteiger partial charge in [-0.25, -0.2) is 0 Å². The summed E-state index contributed by atoms with van der Waals surface area (Å²) in [5, 5.41) is 2.83. The number of amides is 1. The third-order valence-corrected chi connectivity index (χ3v) is 2.05. The molecule has 1 saturated heterocycles. The van der Waals surface area contributed by atoms with Gasteiger partial charge in [0.15, 0.2) is 0 Å². The molecule has 1 aliphatic heterocycles. The first kappa shape index (κ1) is 7.58. The Bertz CT molecular complexity index is 120. The molecule has 0 aromatic carbocycles. The van der Waals surface area contributed by atoms with Gasteiger partial charge in [0.1, 0.15) is 0 Å². The summed E-state index contributed by atoms with van der Waals surface area (Å²) in [6.07, 6.45) is 4.36. The highest BCUT2D eigenvalue weighted by Gasteiger charge is 2.17. The van der Waals surface area contributed by atoms with Gasteiger partial charge in [-0.05, 0) is 12.3 Å². The van der Waals surface area contributed by atoms with E-state index in [1.54, 1.807) is 0 Å². The van der Waals surface area contributed by atoms with E-state index in [1.807, 2.05) is 0 Å². The molecule has 2 nitrogen and oxygen atoms in total. The van der Waals surface area contributed by atoms with Crippen molar-refractivity contribution in [2.75, 3.05) is 6.54 Å². The topological polar surface area (TPSA) is 29.1 Å². The molecule has 0 radical (unpaired) electrons. The maximum Gasteiger partial charge on any atom is 0.220 e. The zero-order valence-electron chi connectivity index (χ0n) is 6.52. The molecule has 1 amide bonds. The summed E-state index contributed by atoms with van der Waals surface area (Å²) in [7, 11) is 0. The Balaban J connectivity index is 2.25. The number of carbonyl (C=O) groups is 1.